The molecule has 0 saturated carbocycles. The van der Waals surface area contributed by atoms with E-state index < -0.39 is 0 Å². The predicted molar refractivity (Wildman–Crippen MR) is 89.2 cm³/mol. The molecule has 0 unspecified atom stereocenters. The zero-order chi connectivity index (χ0) is 15.9. The Morgan fingerprint density at radius 3 is 2.50 bits per heavy atom. The van der Waals surface area contributed by atoms with Crippen LogP contribution in [0.5, 0.6) is 5.75 Å². The molecule has 0 saturated heterocycles. The summed E-state index contributed by atoms with van der Waals surface area (Å²) in [5, 5.41) is 3.55. The van der Waals surface area contributed by atoms with Gasteiger partial charge >= 0.3 is 0 Å². The van der Waals surface area contributed by atoms with Crippen molar-refractivity contribution in [2.45, 2.75) is 32.9 Å². The summed E-state index contributed by atoms with van der Waals surface area (Å²) in [5.41, 5.74) is 1.95. The van der Waals surface area contributed by atoms with E-state index in [-0.39, 0.29) is 12.0 Å². The largest absolute Gasteiger partial charge is 0.491 e. The van der Waals surface area contributed by atoms with Gasteiger partial charge in [-0.3, -0.25) is 4.79 Å². The predicted octanol–water partition coefficient (Wildman–Crippen LogP) is 3.99. The number of ether oxygens (including phenoxy) is 1. The maximum atomic E-state index is 11.9. The van der Waals surface area contributed by atoms with Crippen LogP contribution in [0.2, 0.25) is 5.02 Å². The second-order valence-electron chi connectivity index (χ2n) is 5.39. The fourth-order valence-corrected chi connectivity index (χ4v) is 2.27. The van der Waals surface area contributed by atoms with Crippen LogP contribution in [0.4, 0.5) is 0 Å². The van der Waals surface area contributed by atoms with Gasteiger partial charge in [0.1, 0.15) is 5.75 Å². The summed E-state index contributed by atoms with van der Waals surface area (Å²) in [4.78, 5) is 11.9. The molecule has 2 aromatic rings. The standard InChI is InChI=1S/C18H20ClNO2/c1-13(2)22-17-8-6-14(7-9-17)12-20-18(21)11-15-4-3-5-16(19)10-15/h3-10,13H,11-12H2,1-2H3,(H,20,21). The van der Waals surface area contributed by atoms with Gasteiger partial charge in [0.15, 0.2) is 0 Å². The highest BCUT2D eigenvalue weighted by Gasteiger charge is 2.04. The zero-order valence-electron chi connectivity index (χ0n) is 12.8. The molecule has 0 radical (unpaired) electrons. The smallest absolute Gasteiger partial charge is 0.224 e. The van der Waals surface area contributed by atoms with Crippen LogP contribution >= 0.6 is 11.6 Å². The van der Waals surface area contributed by atoms with E-state index in [1.165, 1.54) is 0 Å². The molecule has 0 atom stereocenters. The Morgan fingerprint density at radius 1 is 1.14 bits per heavy atom. The Labute approximate surface area is 136 Å². The van der Waals surface area contributed by atoms with E-state index in [0.29, 0.717) is 18.0 Å². The molecule has 2 aromatic carbocycles. The molecule has 0 aliphatic heterocycles. The number of carbonyl (C=O) groups excluding carboxylic acids is 1. The second-order valence-corrected chi connectivity index (χ2v) is 5.83. The van der Waals surface area contributed by atoms with Crippen molar-refractivity contribution in [1.29, 1.82) is 0 Å². The van der Waals surface area contributed by atoms with Gasteiger partial charge in [-0.1, -0.05) is 35.9 Å². The van der Waals surface area contributed by atoms with Crippen molar-refractivity contribution in [2.75, 3.05) is 0 Å². The van der Waals surface area contributed by atoms with Crippen LogP contribution in [0.3, 0.4) is 0 Å². The highest BCUT2D eigenvalue weighted by atomic mass is 35.5. The van der Waals surface area contributed by atoms with Gasteiger partial charge in [0.2, 0.25) is 5.91 Å². The van der Waals surface area contributed by atoms with Gasteiger partial charge in [0, 0.05) is 11.6 Å². The number of halogens is 1. The van der Waals surface area contributed by atoms with Crippen molar-refractivity contribution in [1.82, 2.24) is 5.32 Å². The minimum atomic E-state index is -0.0234. The molecular weight excluding hydrogens is 298 g/mol. The Hall–Kier alpha value is -2.00. The summed E-state index contributed by atoms with van der Waals surface area (Å²) in [6.45, 7) is 4.48. The normalized spacial score (nSPS) is 10.5. The average Bonchev–Trinajstić information content (AvgIpc) is 2.46. The highest BCUT2D eigenvalue weighted by Crippen LogP contribution is 2.14. The molecule has 22 heavy (non-hydrogen) atoms. The van der Waals surface area contributed by atoms with Crippen LogP contribution in [0.15, 0.2) is 48.5 Å². The van der Waals surface area contributed by atoms with Gasteiger partial charge < -0.3 is 10.1 Å². The second kappa shape index (κ2) is 7.85. The Balaban J connectivity index is 1.83. The maximum absolute atomic E-state index is 11.9. The molecule has 0 bridgehead atoms. The molecule has 1 N–H and O–H groups in total. The number of hydrogen-bond acceptors (Lipinski definition) is 2. The zero-order valence-corrected chi connectivity index (χ0v) is 13.6. The summed E-state index contributed by atoms with van der Waals surface area (Å²) in [7, 11) is 0. The molecule has 0 spiro atoms. The summed E-state index contributed by atoms with van der Waals surface area (Å²) in [6.07, 6.45) is 0.484. The monoisotopic (exact) mass is 317 g/mol. The van der Waals surface area contributed by atoms with E-state index in [1.54, 1.807) is 12.1 Å². The summed E-state index contributed by atoms with van der Waals surface area (Å²) < 4.78 is 5.59. The first-order valence-electron chi connectivity index (χ1n) is 7.29. The molecule has 0 aliphatic carbocycles. The summed E-state index contributed by atoms with van der Waals surface area (Å²) >= 11 is 5.91. The third kappa shape index (κ3) is 5.41. The summed E-state index contributed by atoms with van der Waals surface area (Å²) in [6, 6.07) is 15.1. The third-order valence-electron chi connectivity index (χ3n) is 3.04. The van der Waals surface area contributed by atoms with Gasteiger partial charge in [-0.25, -0.2) is 0 Å². The number of hydrogen-bond donors (Lipinski definition) is 1. The van der Waals surface area contributed by atoms with Crippen molar-refractivity contribution < 1.29 is 9.53 Å². The van der Waals surface area contributed by atoms with Crippen LogP contribution < -0.4 is 10.1 Å². The highest BCUT2D eigenvalue weighted by molar-refractivity contribution is 6.30. The van der Waals surface area contributed by atoms with Crippen LogP contribution in [-0.4, -0.2) is 12.0 Å². The topological polar surface area (TPSA) is 38.3 Å². The number of benzene rings is 2. The van der Waals surface area contributed by atoms with Crippen LogP contribution in [0.1, 0.15) is 25.0 Å². The van der Waals surface area contributed by atoms with Crippen LogP contribution in [0, 0.1) is 0 Å². The number of carbonyl (C=O) groups is 1. The average molecular weight is 318 g/mol. The van der Waals surface area contributed by atoms with Gasteiger partial charge in [-0.2, -0.15) is 0 Å². The lowest BCUT2D eigenvalue weighted by Gasteiger charge is -2.10. The van der Waals surface area contributed by atoms with Crippen LogP contribution in [-0.2, 0) is 17.8 Å². The first-order chi connectivity index (χ1) is 10.5. The number of rotatable bonds is 6. The Morgan fingerprint density at radius 2 is 1.86 bits per heavy atom. The van der Waals surface area contributed by atoms with E-state index in [4.69, 9.17) is 16.3 Å². The van der Waals surface area contributed by atoms with E-state index in [0.717, 1.165) is 16.9 Å². The molecule has 1 amide bonds. The van der Waals surface area contributed by atoms with Gasteiger partial charge in [0.05, 0.1) is 12.5 Å². The third-order valence-corrected chi connectivity index (χ3v) is 3.27. The van der Waals surface area contributed by atoms with Crippen molar-refractivity contribution in [3.8, 4) is 5.75 Å². The molecule has 0 heterocycles. The van der Waals surface area contributed by atoms with Crippen molar-refractivity contribution in [3.63, 3.8) is 0 Å². The van der Waals surface area contributed by atoms with Crippen LogP contribution in [0.25, 0.3) is 0 Å². The van der Waals surface area contributed by atoms with E-state index in [2.05, 4.69) is 5.32 Å². The first-order valence-corrected chi connectivity index (χ1v) is 7.67. The molecular formula is C18H20ClNO2. The number of amides is 1. The molecule has 116 valence electrons. The van der Waals surface area contributed by atoms with Gasteiger partial charge in [-0.05, 0) is 49.2 Å². The van der Waals surface area contributed by atoms with Gasteiger partial charge in [-0.15, -0.1) is 0 Å². The van der Waals surface area contributed by atoms with Gasteiger partial charge in [0.25, 0.3) is 0 Å². The molecule has 2 rings (SSSR count). The molecule has 3 nitrogen and oxygen atoms in total. The fourth-order valence-electron chi connectivity index (χ4n) is 2.05. The van der Waals surface area contributed by atoms with E-state index >= 15 is 0 Å². The van der Waals surface area contributed by atoms with E-state index in [1.807, 2.05) is 50.2 Å². The maximum Gasteiger partial charge on any atom is 0.224 e. The lowest BCUT2D eigenvalue weighted by molar-refractivity contribution is -0.120. The van der Waals surface area contributed by atoms with E-state index in [9.17, 15) is 4.79 Å². The number of nitrogens with one attached hydrogen (secondary N) is 1. The molecule has 0 aliphatic rings. The lowest BCUT2D eigenvalue weighted by atomic mass is 10.1. The SMILES string of the molecule is CC(C)Oc1ccc(CNC(=O)Cc2cccc(Cl)c2)cc1. The molecule has 0 fully saturated rings. The summed E-state index contributed by atoms with van der Waals surface area (Å²) in [5.74, 6) is 0.814. The minimum Gasteiger partial charge on any atom is -0.491 e. The molecule has 0 aromatic heterocycles. The lowest BCUT2D eigenvalue weighted by Crippen LogP contribution is -2.24. The quantitative estimate of drug-likeness (QED) is 0.875. The molecule has 4 heteroatoms. The minimum absolute atomic E-state index is 0.0234. The first kappa shape index (κ1) is 16.4. The van der Waals surface area contributed by atoms with Crippen molar-refractivity contribution in [2.24, 2.45) is 0 Å². The van der Waals surface area contributed by atoms with Crippen molar-refractivity contribution in [3.05, 3.63) is 64.7 Å². The van der Waals surface area contributed by atoms with Crippen molar-refractivity contribution >= 4 is 17.5 Å². The Kier molecular flexibility index (Phi) is 5.84. The Bertz CT molecular complexity index is 623. The fraction of sp³-hybridized carbons (Fsp3) is 0.278.